The Morgan fingerprint density at radius 2 is 1.48 bits per heavy atom. The number of rotatable bonds is 7. The van der Waals surface area contributed by atoms with Gasteiger partial charge in [0.25, 0.3) is 0 Å². The average molecular weight is 449 g/mol. The molecule has 0 spiro atoms. The number of unbranched alkanes of at least 4 members (excludes halogenated alkanes) is 2. The number of hydrogen-bond acceptors (Lipinski definition) is 0. The van der Waals surface area contributed by atoms with Crippen molar-refractivity contribution >= 4 is 5.57 Å². The normalized spacial score (nSPS) is 16.0. The zero-order valence-electron chi connectivity index (χ0n) is 19.4. The van der Waals surface area contributed by atoms with Crippen LogP contribution in [0.1, 0.15) is 63.0 Å². The topological polar surface area (TPSA) is 0 Å². The molecule has 3 aromatic rings. The van der Waals surface area contributed by atoms with Crippen LogP contribution in [-0.2, 0) is 0 Å². The Labute approximate surface area is 195 Å². The van der Waals surface area contributed by atoms with Gasteiger partial charge in [-0.25, -0.2) is 13.2 Å². The molecule has 0 saturated heterocycles. The Bertz CT molecular complexity index is 1140. The van der Waals surface area contributed by atoms with Crippen molar-refractivity contribution in [1.29, 1.82) is 0 Å². The van der Waals surface area contributed by atoms with Crippen LogP contribution in [0.2, 0.25) is 0 Å². The minimum Gasteiger partial charge on any atom is -0.206 e. The molecule has 0 amide bonds. The van der Waals surface area contributed by atoms with Gasteiger partial charge in [-0.05, 0) is 66.0 Å². The third-order valence-electron chi connectivity index (χ3n) is 6.86. The van der Waals surface area contributed by atoms with Crippen LogP contribution >= 0.6 is 0 Å². The quantitative estimate of drug-likeness (QED) is 0.316. The maximum atomic E-state index is 15.0. The number of hydrogen-bond donors (Lipinski definition) is 0. The fourth-order valence-corrected chi connectivity index (χ4v) is 4.74. The summed E-state index contributed by atoms with van der Waals surface area (Å²) in [5.41, 5.74) is 4.51. The van der Waals surface area contributed by atoms with Crippen LogP contribution in [0, 0.1) is 30.3 Å². The summed E-state index contributed by atoms with van der Waals surface area (Å²) >= 11 is 0. The van der Waals surface area contributed by atoms with E-state index in [1.807, 2.05) is 24.3 Å². The highest BCUT2D eigenvalue weighted by Gasteiger charge is 2.18. The lowest BCUT2D eigenvalue weighted by molar-refractivity contribution is 0.427. The first-order valence-electron chi connectivity index (χ1n) is 12.0. The molecule has 0 N–H and O–H groups in total. The average Bonchev–Trinajstić information content (AvgIpc) is 2.83. The lowest BCUT2D eigenvalue weighted by atomic mass is 9.83. The third kappa shape index (κ3) is 5.24. The van der Waals surface area contributed by atoms with Gasteiger partial charge in [0, 0.05) is 11.1 Å². The summed E-state index contributed by atoms with van der Waals surface area (Å²) in [6, 6.07) is 15.7. The zero-order valence-corrected chi connectivity index (χ0v) is 19.4. The first-order valence-corrected chi connectivity index (χ1v) is 12.0. The van der Waals surface area contributed by atoms with Gasteiger partial charge in [0.2, 0.25) is 0 Å². The molecule has 4 rings (SSSR count). The maximum Gasteiger partial charge on any atom is 0.166 e. The Morgan fingerprint density at radius 1 is 0.788 bits per heavy atom. The van der Waals surface area contributed by atoms with Crippen LogP contribution < -0.4 is 0 Å². The van der Waals surface area contributed by atoms with E-state index in [0.717, 1.165) is 41.9 Å². The van der Waals surface area contributed by atoms with Crippen molar-refractivity contribution in [2.75, 3.05) is 0 Å². The number of allylic oxidation sites excluding steroid dienone is 2. The fraction of sp³-hybridized carbons (Fsp3) is 0.333. The molecule has 0 nitrogen and oxygen atoms in total. The van der Waals surface area contributed by atoms with Gasteiger partial charge in [0.15, 0.2) is 11.6 Å². The molecule has 3 aromatic carbocycles. The Kier molecular flexibility index (Phi) is 7.37. The summed E-state index contributed by atoms with van der Waals surface area (Å²) in [6.45, 7) is 3.77. The van der Waals surface area contributed by atoms with E-state index in [9.17, 15) is 8.78 Å². The smallest absolute Gasteiger partial charge is 0.166 e. The first-order chi connectivity index (χ1) is 16.0. The summed E-state index contributed by atoms with van der Waals surface area (Å²) in [5.74, 6) is -1.14. The minimum absolute atomic E-state index is 0.209. The zero-order chi connectivity index (χ0) is 23.4. The molecule has 1 unspecified atom stereocenters. The standard InChI is InChI=1S/C30H31F3/c1-3-4-5-6-21-8-10-23(11-9-21)26-18-16-25(19-28(26)31)22-12-14-24(15-13-22)27-17-7-20(2)29(32)30(27)33/h7,10,12-19,21H,3-6,8-9,11H2,1-2H3. The van der Waals surface area contributed by atoms with E-state index in [0.29, 0.717) is 11.1 Å². The highest BCUT2D eigenvalue weighted by Crippen LogP contribution is 2.35. The second-order valence-corrected chi connectivity index (χ2v) is 9.20. The molecule has 3 heteroatoms. The SMILES string of the molecule is CCCCCC1CC=C(c2ccc(-c3ccc(-c4ccc(C)c(F)c4F)cc3)cc2F)CC1. The molecular weight excluding hydrogens is 417 g/mol. The van der Waals surface area contributed by atoms with Crippen LogP contribution in [-0.4, -0.2) is 0 Å². The van der Waals surface area contributed by atoms with Crippen LogP contribution in [0.15, 0.2) is 60.7 Å². The van der Waals surface area contributed by atoms with Gasteiger partial charge in [-0.3, -0.25) is 0 Å². The molecule has 0 bridgehead atoms. The Hall–Kier alpha value is -2.81. The van der Waals surface area contributed by atoms with Crippen molar-refractivity contribution in [3.05, 3.63) is 89.3 Å². The van der Waals surface area contributed by atoms with E-state index in [1.54, 1.807) is 37.3 Å². The molecule has 1 aliphatic rings. The van der Waals surface area contributed by atoms with E-state index < -0.39 is 11.6 Å². The summed E-state index contributed by atoms with van der Waals surface area (Å²) in [4.78, 5) is 0. The lowest BCUT2D eigenvalue weighted by Crippen LogP contribution is -2.06. The van der Waals surface area contributed by atoms with E-state index >= 15 is 4.39 Å². The van der Waals surface area contributed by atoms with Gasteiger partial charge >= 0.3 is 0 Å². The molecule has 0 aromatic heterocycles. The molecule has 172 valence electrons. The van der Waals surface area contributed by atoms with Crippen LogP contribution in [0.5, 0.6) is 0 Å². The van der Waals surface area contributed by atoms with E-state index in [4.69, 9.17) is 0 Å². The van der Waals surface area contributed by atoms with Crippen molar-refractivity contribution in [1.82, 2.24) is 0 Å². The molecule has 33 heavy (non-hydrogen) atoms. The van der Waals surface area contributed by atoms with E-state index in [1.165, 1.54) is 25.7 Å². The predicted octanol–water partition coefficient (Wildman–Crippen LogP) is 9.51. The summed E-state index contributed by atoms with van der Waals surface area (Å²) in [5, 5.41) is 0. The number of benzene rings is 3. The molecule has 0 heterocycles. The molecular formula is C30H31F3. The molecule has 0 fully saturated rings. The fourth-order valence-electron chi connectivity index (χ4n) is 4.74. The van der Waals surface area contributed by atoms with Crippen molar-refractivity contribution in [3.8, 4) is 22.3 Å². The van der Waals surface area contributed by atoms with Gasteiger partial charge in [-0.2, -0.15) is 0 Å². The first kappa shape index (κ1) is 23.4. The summed E-state index contributed by atoms with van der Waals surface area (Å²) in [6.07, 6.45) is 10.4. The second kappa shape index (κ2) is 10.4. The van der Waals surface area contributed by atoms with Crippen LogP contribution in [0.4, 0.5) is 13.2 Å². The second-order valence-electron chi connectivity index (χ2n) is 9.20. The van der Waals surface area contributed by atoms with Crippen molar-refractivity contribution in [2.24, 2.45) is 5.92 Å². The summed E-state index contributed by atoms with van der Waals surface area (Å²) in [7, 11) is 0. The van der Waals surface area contributed by atoms with Crippen molar-refractivity contribution in [2.45, 2.75) is 58.8 Å². The molecule has 0 radical (unpaired) electrons. The maximum absolute atomic E-state index is 15.0. The summed E-state index contributed by atoms with van der Waals surface area (Å²) < 4.78 is 43.3. The molecule has 0 aliphatic heterocycles. The third-order valence-corrected chi connectivity index (χ3v) is 6.86. The predicted molar refractivity (Wildman–Crippen MR) is 131 cm³/mol. The molecule has 1 atom stereocenters. The van der Waals surface area contributed by atoms with Gasteiger partial charge in [0.1, 0.15) is 5.82 Å². The van der Waals surface area contributed by atoms with Crippen molar-refractivity contribution in [3.63, 3.8) is 0 Å². The van der Waals surface area contributed by atoms with Gasteiger partial charge < -0.3 is 0 Å². The van der Waals surface area contributed by atoms with Gasteiger partial charge in [-0.1, -0.05) is 87.2 Å². The van der Waals surface area contributed by atoms with Crippen LogP contribution in [0.3, 0.4) is 0 Å². The van der Waals surface area contributed by atoms with E-state index in [2.05, 4.69) is 13.0 Å². The van der Waals surface area contributed by atoms with Gasteiger partial charge in [-0.15, -0.1) is 0 Å². The molecule has 1 aliphatic carbocycles. The van der Waals surface area contributed by atoms with Crippen LogP contribution in [0.25, 0.3) is 27.8 Å². The van der Waals surface area contributed by atoms with Crippen molar-refractivity contribution < 1.29 is 13.2 Å². The number of aryl methyl sites for hydroxylation is 1. The van der Waals surface area contributed by atoms with E-state index in [-0.39, 0.29) is 16.9 Å². The monoisotopic (exact) mass is 448 g/mol. The van der Waals surface area contributed by atoms with Gasteiger partial charge in [0.05, 0.1) is 0 Å². The highest BCUT2D eigenvalue weighted by molar-refractivity contribution is 5.74. The lowest BCUT2D eigenvalue weighted by Gasteiger charge is -2.22. The minimum atomic E-state index is -0.841. The highest BCUT2D eigenvalue weighted by atomic mass is 19.2. The largest absolute Gasteiger partial charge is 0.206 e. The Morgan fingerprint density at radius 3 is 2.15 bits per heavy atom. The Balaban J connectivity index is 1.49. The number of halogens is 3. The molecule has 0 saturated carbocycles.